The molecule has 1 fully saturated rings. The van der Waals surface area contributed by atoms with E-state index in [-0.39, 0.29) is 0 Å². The molecule has 0 aliphatic heterocycles. The molecule has 4 heteroatoms. The van der Waals surface area contributed by atoms with Crippen LogP contribution >= 0.6 is 0 Å². The molecule has 0 saturated heterocycles. The Labute approximate surface area is 107 Å². The first-order valence-corrected chi connectivity index (χ1v) is 6.42. The Morgan fingerprint density at radius 1 is 1.28 bits per heavy atom. The minimum absolute atomic E-state index is 0.458. The lowest BCUT2D eigenvalue weighted by Crippen LogP contribution is -2.30. The van der Waals surface area contributed by atoms with Gasteiger partial charge in [0.05, 0.1) is 0 Å². The minimum atomic E-state index is -0.477. The van der Waals surface area contributed by atoms with E-state index in [9.17, 15) is 8.78 Å². The average molecular weight is 254 g/mol. The molecule has 2 rings (SSSR count). The fraction of sp³-hybridized carbons (Fsp3) is 0.571. The number of hydrogen-bond acceptors (Lipinski definition) is 2. The molecular weight excluding hydrogens is 234 g/mol. The van der Waals surface area contributed by atoms with Crippen LogP contribution in [0, 0.1) is 18.6 Å². The number of benzene rings is 1. The van der Waals surface area contributed by atoms with Gasteiger partial charge in [0.1, 0.15) is 11.6 Å². The van der Waals surface area contributed by atoms with Gasteiger partial charge < -0.3 is 10.2 Å². The maximum Gasteiger partial charge on any atom is 0.130 e. The Balaban J connectivity index is 1.85. The summed E-state index contributed by atoms with van der Waals surface area (Å²) in [5.74, 6) is -0.936. The molecule has 1 N–H and O–H groups in total. The van der Waals surface area contributed by atoms with Gasteiger partial charge >= 0.3 is 0 Å². The van der Waals surface area contributed by atoms with Gasteiger partial charge in [-0.25, -0.2) is 8.78 Å². The summed E-state index contributed by atoms with van der Waals surface area (Å²) in [4.78, 5) is 2.05. The predicted molar refractivity (Wildman–Crippen MR) is 68.5 cm³/mol. The van der Waals surface area contributed by atoms with Crippen molar-refractivity contribution in [2.24, 2.45) is 0 Å². The highest BCUT2D eigenvalue weighted by atomic mass is 19.1. The van der Waals surface area contributed by atoms with E-state index in [4.69, 9.17) is 0 Å². The molecule has 1 saturated carbocycles. The molecule has 0 spiro atoms. The monoisotopic (exact) mass is 254 g/mol. The summed E-state index contributed by atoms with van der Waals surface area (Å²) < 4.78 is 26.7. The van der Waals surface area contributed by atoms with Crippen LogP contribution in [0.25, 0.3) is 0 Å². The molecule has 0 atom stereocenters. The van der Waals surface area contributed by atoms with E-state index in [2.05, 4.69) is 5.32 Å². The molecule has 0 heterocycles. The SMILES string of the molecule is Cc1cc(CN(C)CCNC2CC2)c(F)cc1F. The summed E-state index contributed by atoms with van der Waals surface area (Å²) in [5, 5.41) is 3.41. The van der Waals surface area contributed by atoms with E-state index in [1.54, 1.807) is 13.0 Å². The van der Waals surface area contributed by atoms with Crippen LogP contribution in [0.1, 0.15) is 24.0 Å². The van der Waals surface area contributed by atoms with Gasteiger partial charge in [-0.05, 0) is 38.4 Å². The highest BCUT2D eigenvalue weighted by Gasteiger charge is 2.19. The van der Waals surface area contributed by atoms with E-state index < -0.39 is 11.6 Å². The van der Waals surface area contributed by atoms with Crippen molar-refractivity contribution in [3.63, 3.8) is 0 Å². The van der Waals surface area contributed by atoms with Crippen LogP contribution in [-0.4, -0.2) is 31.1 Å². The normalized spacial score (nSPS) is 15.4. The fourth-order valence-electron chi connectivity index (χ4n) is 1.96. The van der Waals surface area contributed by atoms with Crippen molar-refractivity contribution in [2.75, 3.05) is 20.1 Å². The zero-order chi connectivity index (χ0) is 13.1. The van der Waals surface area contributed by atoms with E-state index in [0.717, 1.165) is 19.2 Å². The van der Waals surface area contributed by atoms with Crippen LogP contribution in [0.3, 0.4) is 0 Å². The Hall–Kier alpha value is -1.00. The lowest BCUT2D eigenvalue weighted by Gasteiger charge is -2.17. The molecular formula is C14H20F2N2. The zero-order valence-electron chi connectivity index (χ0n) is 11.0. The highest BCUT2D eigenvalue weighted by molar-refractivity contribution is 5.25. The molecule has 2 nitrogen and oxygen atoms in total. The number of nitrogens with zero attached hydrogens (tertiary/aromatic N) is 1. The molecule has 1 aromatic rings. The van der Waals surface area contributed by atoms with Crippen LogP contribution in [0.2, 0.25) is 0 Å². The summed E-state index contributed by atoms with van der Waals surface area (Å²) in [5.41, 5.74) is 1.05. The molecule has 0 bridgehead atoms. The van der Waals surface area contributed by atoms with Gasteiger partial charge in [-0.1, -0.05) is 0 Å². The lowest BCUT2D eigenvalue weighted by molar-refractivity contribution is 0.318. The Kier molecular flexibility index (Phi) is 4.30. The van der Waals surface area contributed by atoms with E-state index in [0.29, 0.717) is 23.7 Å². The molecule has 0 radical (unpaired) electrons. The molecule has 100 valence electrons. The fourth-order valence-corrected chi connectivity index (χ4v) is 1.96. The second-order valence-corrected chi connectivity index (χ2v) is 5.16. The third-order valence-electron chi connectivity index (χ3n) is 3.27. The lowest BCUT2D eigenvalue weighted by atomic mass is 10.1. The van der Waals surface area contributed by atoms with Crippen molar-refractivity contribution in [3.8, 4) is 0 Å². The number of rotatable bonds is 6. The van der Waals surface area contributed by atoms with Crippen molar-refractivity contribution in [1.29, 1.82) is 0 Å². The van der Waals surface area contributed by atoms with Crippen molar-refractivity contribution < 1.29 is 8.78 Å². The number of hydrogen-bond donors (Lipinski definition) is 1. The summed E-state index contributed by atoms with van der Waals surface area (Å²) in [7, 11) is 1.95. The number of halogens is 2. The van der Waals surface area contributed by atoms with E-state index >= 15 is 0 Å². The Bertz CT molecular complexity index is 417. The maximum absolute atomic E-state index is 13.6. The van der Waals surface area contributed by atoms with Gasteiger partial charge in [0.2, 0.25) is 0 Å². The summed E-state index contributed by atoms with van der Waals surface area (Å²) in [6.45, 7) is 3.96. The first-order chi connectivity index (χ1) is 8.56. The third kappa shape index (κ3) is 3.75. The Morgan fingerprint density at radius 2 is 2.00 bits per heavy atom. The zero-order valence-corrected chi connectivity index (χ0v) is 11.0. The molecule has 18 heavy (non-hydrogen) atoms. The first kappa shape index (κ1) is 13.4. The highest BCUT2D eigenvalue weighted by Crippen LogP contribution is 2.18. The third-order valence-corrected chi connectivity index (χ3v) is 3.27. The molecule has 1 aliphatic carbocycles. The van der Waals surface area contributed by atoms with Crippen molar-refractivity contribution in [1.82, 2.24) is 10.2 Å². The summed E-state index contributed by atoms with van der Waals surface area (Å²) in [6, 6.07) is 3.26. The summed E-state index contributed by atoms with van der Waals surface area (Å²) in [6.07, 6.45) is 2.55. The van der Waals surface area contributed by atoms with Gasteiger partial charge in [0.15, 0.2) is 0 Å². The standard InChI is InChI=1S/C14H20F2N2/c1-10-7-11(14(16)8-13(10)15)9-18(2)6-5-17-12-3-4-12/h7-8,12,17H,3-6,9H2,1-2H3. The second-order valence-electron chi connectivity index (χ2n) is 5.16. The van der Waals surface area contributed by atoms with Gasteiger partial charge in [0.25, 0.3) is 0 Å². The van der Waals surface area contributed by atoms with Gasteiger partial charge in [-0.3, -0.25) is 0 Å². The van der Waals surface area contributed by atoms with Crippen molar-refractivity contribution in [3.05, 3.63) is 34.9 Å². The van der Waals surface area contributed by atoms with Crippen LogP contribution in [0.5, 0.6) is 0 Å². The van der Waals surface area contributed by atoms with Crippen LogP contribution in [-0.2, 0) is 6.54 Å². The molecule has 0 unspecified atom stereocenters. The molecule has 1 aromatic carbocycles. The largest absolute Gasteiger partial charge is 0.313 e. The minimum Gasteiger partial charge on any atom is -0.313 e. The number of nitrogens with one attached hydrogen (secondary N) is 1. The van der Waals surface area contributed by atoms with Crippen LogP contribution < -0.4 is 5.32 Å². The van der Waals surface area contributed by atoms with Crippen molar-refractivity contribution >= 4 is 0 Å². The topological polar surface area (TPSA) is 15.3 Å². The van der Waals surface area contributed by atoms with Crippen molar-refractivity contribution in [2.45, 2.75) is 32.4 Å². The van der Waals surface area contributed by atoms with E-state index in [1.807, 2.05) is 11.9 Å². The van der Waals surface area contributed by atoms with Gasteiger partial charge in [0, 0.05) is 37.3 Å². The predicted octanol–water partition coefficient (Wildman–Crippen LogP) is 2.46. The quantitative estimate of drug-likeness (QED) is 0.839. The summed E-state index contributed by atoms with van der Waals surface area (Å²) >= 11 is 0. The molecule has 0 aromatic heterocycles. The van der Waals surface area contributed by atoms with Gasteiger partial charge in [-0.2, -0.15) is 0 Å². The van der Waals surface area contributed by atoms with Crippen LogP contribution in [0.4, 0.5) is 8.78 Å². The second kappa shape index (κ2) is 5.76. The average Bonchev–Trinajstić information content (AvgIpc) is 3.10. The maximum atomic E-state index is 13.6. The number of likely N-dealkylation sites (N-methyl/N-ethyl adjacent to an activating group) is 1. The Morgan fingerprint density at radius 3 is 2.67 bits per heavy atom. The van der Waals surface area contributed by atoms with Crippen LogP contribution in [0.15, 0.2) is 12.1 Å². The molecule has 0 amide bonds. The first-order valence-electron chi connectivity index (χ1n) is 6.42. The number of aryl methyl sites for hydroxylation is 1. The van der Waals surface area contributed by atoms with Gasteiger partial charge in [-0.15, -0.1) is 0 Å². The van der Waals surface area contributed by atoms with E-state index in [1.165, 1.54) is 12.8 Å². The molecule has 1 aliphatic rings. The smallest absolute Gasteiger partial charge is 0.130 e.